The van der Waals surface area contributed by atoms with Gasteiger partial charge < -0.3 is 30.9 Å². The Balaban J connectivity index is 2.00. The number of carbonyl (C=O) groups is 3. The lowest BCUT2D eigenvalue weighted by Gasteiger charge is -2.44. The van der Waals surface area contributed by atoms with Crippen molar-refractivity contribution >= 4 is 23.6 Å². The fraction of sp³-hybridized carbons (Fsp3) is 0.654. The lowest BCUT2D eigenvalue weighted by Crippen LogP contribution is -2.60. The summed E-state index contributed by atoms with van der Waals surface area (Å²) in [5.74, 6) is -0.711. The molecule has 2 rings (SSSR count). The van der Waals surface area contributed by atoms with E-state index in [9.17, 15) is 24.6 Å². The van der Waals surface area contributed by atoms with Gasteiger partial charge in [0.1, 0.15) is 17.9 Å². The number of anilines is 1. The van der Waals surface area contributed by atoms with Crippen LogP contribution in [-0.4, -0.2) is 59.1 Å². The Morgan fingerprint density at radius 3 is 2.31 bits per heavy atom. The predicted molar refractivity (Wildman–Crippen MR) is 137 cm³/mol. The highest BCUT2D eigenvalue weighted by Crippen LogP contribution is 2.43. The monoisotopic (exact) mass is 506 g/mol. The minimum Gasteiger partial charge on any atom is -0.444 e. The number of aliphatic hydroxyl groups is 2. The molecule has 6 N–H and O–H groups in total. The fourth-order valence-electron chi connectivity index (χ4n) is 4.04. The molecule has 10 nitrogen and oxygen atoms in total. The molecular formula is C26H42N4O6. The molecule has 0 bridgehead atoms. The summed E-state index contributed by atoms with van der Waals surface area (Å²) in [7, 11) is 0. The molecule has 0 heterocycles. The van der Waals surface area contributed by atoms with Crippen LogP contribution in [0, 0.1) is 5.41 Å². The molecule has 1 fully saturated rings. The summed E-state index contributed by atoms with van der Waals surface area (Å²) in [5.41, 5.74) is -0.259. The van der Waals surface area contributed by atoms with Gasteiger partial charge in [0.05, 0.1) is 12.0 Å². The number of ether oxygens (including phenoxy) is 1. The minimum atomic E-state index is -0.982. The average molecular weight is 507 g/mol. The maximum Gasteiger partial charge on any atom is 0.407 e. The SMILES string of the molecule is CCNC(O)C1(C(=O)N[C@@H](CCCCNC(=O)OC(C)(C)C)C(=O)Nc2ccc(CO)cc2)CCC1. The number of nitrogens with one attached hydrogen (secondary N) is 4. The number of amides is 3. The third kappa shape index (κ3) is 8.76. The number of aliphatic hydroxyl groups excluding tert-OH is 2. The quantitative estimate of drug-likeness (QED) is 0.178. The van der Waals surface area contributed by atoms with E-state index in [1.807, 2.05) is 6.92 Å². The summed E-state index contributed by atoms with van der Waals surface area (Å²) in [5, 5.41) is 31.1. The van der Waals surface area contributed by atoms with E-state index in [4.69, 9.17) is 4.74 Å². The van der Waals surface area contributed by atoms with Gasteiger partial charge in [-0.25, -0.2) is 4.79 Å². The van der Waals surface area contributed by atoms with E-state index in [2.05, 4.69) is 21.3 Å². The molecule has 1 aliphatic carbocycles. The van der Waals surface area contributed by atoms with Gasteiger partial charge in [0, 0.05) is 12.2 Å². The Morgan fingerprint density at radius 2 is 1.78 bits per heavy atom. The Morgan fingerprint density at radius 1 is 1.11 bits per heavy atom. The van der Waals surface area contributed by atoms with Crippen LogP contribution in [0.1, 0.15) is 71.8 Å². The molecule has 1 aliphatic rings. The molecule has 0 saturated heterocycles. The molecule has 2 atom stereocenters. The topological polar surface area (TPSA) is 149 Å². The zero-order valence-electron chi connectivity index (χ0n) is 21.9. The molecule has 1 aromatic rings. The van der Waals surface area contributed by atoms with Gasteiger partial charge in [-0.05, 0) is 77.1 Å². The lowest BCUT2D eigenvalue weighted by molar-refractivity contribution is -0.151. The number of rotatable bonds is 13. The number of hydrogen-bond acceptors (Lipinski definition) is 7. The highest BCUT2D eigenvalue weighted by Gasteiger charge is 2.50. The van der Waals surface area contributed by atoms with Crippen molar-refractivity contribution in [3.8, 4) is 0 Å². The maximum absolute atomic E-state index is 13.2. The Kier molecular flexibility index (Phi) is 11.1. The van der Waals surface area contributed by atoms with Crippen molar-refractivity contribution in [2.45, 2.75) is 90.7 Å². The van der Waals surface area contributed by atoms with E-state index in [-0.39, 0.29) is 18.4 Å². The number of benzene rings is 1. The van der Waals surface area contributed by atoms with E-state index in [0.717, 1.165) is 12.0 Å². The van der Waals surface area contributed by atoms with Crippen LogP contribution in [0.15, 0.2) is 24.3 Å². The van der Waals surface area contributed by atoms with E-state index < -0.39 is 29.4 Å². The fourth-order valence-corrected chi connectivity index (χ4v) is 4.04. The van der Waals surface area contributed by atoms with Crippen LogP contribution in [0.5, 0.6) is 0 Å². The summed E-state index contributed by atoms with van der Waals surface area (Å²) >= 11 is 0. The first-order valence-corrected chi connectivity index (χ1v) is 12.7. The van der Waals surface area contributed by atoms with Crippen molar-refractivity contribution in [2.75, 3.05) is 18.4 Å². The first-order valence-electron chi connectivity index (χ1n) is 12.7. The first kappa shape index (κ1) is 29.5. The zero-order chi connectivity index (χ0) is 26.8. The zero-order valence-corrected chi connectivity index (χ0v) is 21.9. The molecule has 0 radical (unpaired) electrons. The van der Waals surface area contributed by atoms with Crippen LogP contribution in [0.4, 0.5) is 10.5 Å². The Bertz CT molecular complexity index is 864. The Labute approximate surface area is 213 Å². The molecule has 0 aromatic heterocycles. The molecule has 0 aliphatic heterocycles. The van der Waals surface area contributed by atoms with Gasteiger partial charge in [-0.3, -0.25) is 14.9 Å². The van der Waals surface area contributed by atoms with Gasteiger partial charge in [0.2, 0.25) is 11.8 Å². The van der Waals surface area contributed by atoms with Gasteiger partial charge in [-0.2, -0.15) is 0 Å². The largest absolute Gasteiger partial charge is 0.444 e. The van der Waals surface area contributed by atoms with Crippen molar-refractivity contribution in [1.82, 2.24) is 16.0 Å². The minimum absolute atomic E-state index is 0.0968. The molecule has 3 amide bonds. The molecule has 1 unspecified atom stereocenters. The predicted octanol–water partition coefficient (Wildman–Crippen LogP) is 2.40. The second-order valence-electron chi connectivity index (χ2n) is 10.3. The van der Waals surface area contributed by atoms with Crippen LogP contribution in [0.3, 0.4) is 0 Å². The van der Waals surface area contributed by atoms with Crippen LogP contribution < -0.4 is 21.3 Å². The number of alkyl carbamates (subject to hydrolysis) is 1. The third-order valence-electron chi connectivity index (χ3n) is 6.23. The second-order valence-corrected chi connectivity index (χ2v) is 10.3. The molecule has 1 aromatic carbocycles. The van der Waals surface area contributed by atoms with E-state index in [1.54, 1.807) is 45.0 Å². The van der Waals surface area contributed by atoms with Crippen molar-refractivity contribution in [1.29, 1.82) is 0 Å². The summed E-state index contributed by atoms with van der Waals surface area (Å²) in [4.78, 5) is 38.2. The van der Waals surface area contributed by atoms with E-state index >= 15 is 0 Å². The Hall–Kier alpha value is -2.69. The van der Waals surface area contributed by atoms with Crippen molar-refractivity contribution < 1.29 is 29.3 Å². The molecule has 36 heavy (non-hydrogen) atoms. The van der Waals surface area contributed by atoms with Crippen LogP contribution in [-0.2, 0) is 20.9 Å². The molecular weight excluding hydrogens is 464 g/mol. The standard InChI is InChI=1S/C26H42N4O6/c1-5-27-22(33)26(14-8-15-26)23(34)30-20(9-6-7-16-28-24(35)36-25(2,3)4)21(32)29-19-12-10-18(17-31)11-13-19/h10-13,20,22,27,31,33H,5-9,14-17H2,1-4H3,(H,28,35)(H,29,32)(H,30,34)/t20-,22?/m0/s1. The van der Waals surface area contributed by atoms with Crippen molar-refractivity contribution in [3.63, 3.8) is 0 Å². The van der Waals surface area contributed by atoms with Crippen molar-refractivity contribution in [3.05, 3.63) is 29.8 Å². The number of hydrogen-bond donors (Lipinski definition) is 6. The summed E-state index contributed by atoms with van der Waals surface area (Å²) in [6.45, 7) is 8.03. The third-order valence-corrected chi connectivity index (χ3v) is 6.23. The van der Waals surface area contributed by atoms with Crippen molar-refractivity contribution in [2.24, 2.45) is 5.41 Å². The second kappa shape index (κ2) is 13.6. The smallest absolute Gasteiger partial charge is 0.407 e. The van der Waals surface area contributed by atoms with Gasteiger partial charge in [-0.1, -0.05) is 25.5 Å². The highest BCUT2D eigenvalue weighted by molar-refractivity contribution is 5.98. The van der Waals surface area contributed by atoms with Crippen LogP contribution >= 0.6 is 0 Å². The molecule has 202 valence electrons. The molecule has 1 saturated carbocycles. The first-order chi connectivity index (χ1) is 17.0. The lowest BCUT2D eigenvalue weighted by atomic mass is 9.66. The average Bonchev–Trinajstić information content (AvgIpc) is 2.76. The number of carbonyl (C=O) groups excluding carboxylic acids is 3. The van der Waals surface area contributed by atoms with Crippen LogP contribution in [0.2, 0.25) is 0 Å². The highest BCUT2D eigenvalue weighted by atomic mass is 16.6. The molecule has 0 spiro atoms. The van der Waals surface area contributed by atoms with Gasteiger partial charge in [-0.15, -0.1) is 0 Å². The summed E-state index contributed by atoms with van der Waals surface area (Å²) in [6.07, 6.45) is 1.96. The maximum atomic E-state index is 13.2. The van der Waals surface area contributed by atoms with Gasteiger partial charge in [0.25, 0.3) is 0 Å². The molecule has 10 heteroatoms. The summed E-state index contributed by atoms with van der Waals surface area (Å²) in [6, 6.07) is 5.98. The van der Waals surface area contributed by atoms with Gasteiger partial charge in [0.15, 0.2) is 0 Å². The number of unbranched alkanes of at least 4 members (excludes halogenated alkanes) is 1. The normalized spacial score (nSPS) is 16.3. The van der Waals surface area contributed by atoms with E-state index in [1.165, 1.54) is 0 Å². The van der Waals surface area contributed by atoms with Crippen LogP contribution in [0.25, 0.3) is 0 Å². The van der Waals surface area contributed by atoms with Gasteiger partial charge >= 0.3 is 6.09 Å². The summed E-state index contributed by atoms with van der Waals surface area (Å²) < 4.78 is 5.22. The van der Waals surface area contributed by atoms with E-state index in [0.29, 0.717) is 50.9 Å².